The Kier molecular flexibility index (Phi) is 4.65. The van der Waals surface area contributed by atoms with Crippen LogP contribution in [-0.4, -0.2) is 33.0 Å². The number of amides is 2. The Balaban J connectivity index is 1.74. The van der Waals surface area contributed by atoms with E-state index in [4.69, 9.17) is 0 Å². The van der Waals surface area contributed by atoms with Gasteiger partial charge in [-0.3, -0.25) is 14.4 Å². The summed E-state index contributed by atoms with van der Waals surface area (Å²) in [5, 5.41) is 7.08. The molecule has 130 valence electrons. The number of aromatic nitrogens is 2. The molecule has 1 N–H and O–H groups in total. The highest BCUT2D eigenvalue weighted by Gasteiger charge is 2.21. The smallest absolute Gasteiger partial charge is 0.267 e. The Labute approximate surface area is 145 Å². The molecule has 0 unspecified atom stereocenters. The third kappa shape index (κ3) is 3.93. The van der Waals surface area contributed by atoms with Crippen molar-refractivity contribution in [1.82, 2.24) is 14.7 Å². The van der Waals surface area contributed by atoms with Crippen molar-refractivity contribution in [2.75, 3.05) is 11.9 Å². The van der Waals surface area contributed by atoms with Gasteiger partial charge in [0.05, 0.1) is 5.69 Å². The first-order valence-corrected chi connectivity index (χ1v) is 8.14. The molecule has 25 heavy (non-hydrogen) atoms. The van der Waals surface area contributed by atoms with Crippen LogP contribution in [0, 0.1) is 6.92 Å². The van der Waals surface area contributed by atoms with Gasteiger partial charge in [-0.15, -0.1) is 0 Å². The molecule has 0 spiro atoms. The van der Waals surface area contributed by atoms with Gasteiger partial charge in [-0.1, -0.05) is 12.1 Å². The highest BCUT2D eigenvalue weighted by Crippen LogP contribution is 2.15. The van der Waals surface area contributed by atoms with Crippen LogP contribution in [0.25, 0.3) is 0 Å². The van der Waals surface area contributed by atoms with Gasteiger partial charge in [-0.25, -0.2) is 4.68 Å². The molecule has 3 rings (SSSR count). The van der Waals surface area contributed by atoms with Crippen LogP contribution in [0.4, 0.5) is 5.69 Å². The van der Waals surface area contributed by atoms with Gasteiger partial charge in [0.25, 0.3) is 5.56 Å². The molecule has 2 amide bonds. The normalized spacial score (nSPS) is 13.3. The van der Waals surface area contributed by atoms with E-state index < -0.39 is 0 Å². The average Bonchev–Trinajstić information content (AvgIpc) is 2.55. The quantitative estimate of drug-likeness (QED) is 0.907. The van der Waals surface area contributed by atoms with E-state index >= 15 is 0 Å². The highest BCUT2D eigenvalue weighted by molar-refractivity contribution is 5.90. The molecule has 2 heterocycles. The number of hydrogen-bond acceptors (Lipinski definition) is 4. The lowest BCUT2D eigenvalue weighted by Gasteiger charge is -2.27. The molecule has 1 aromatic heterocycles. The maximum absolute atomic E-state index is 12.2. The van der Waals surface area contributed by atoms with Crippen LogP contribution in [0.15, 0.2) is 35.1 Å². The number of benzene rings is 1. The first kappa shape index (κ1) is 16.9. The van der Waals surface area contributed by atoms with Gasteiger partial charge in [0, 0.05) is 43.8 Å². The number of nitrogens with one attached hydrogen (secondary N) is 1. The number of nitrogens with zero attached hydrogens (tertiary/aromatic N) is 3. The lowest BCUT2D eigenvalue weighted by molar-refractivity contribution is -0.129. The molecular weight excluding hydrogens is 320 g/mol. The van der Waals surface area contributed by atoms with Crippen molar-refractivity contribution < 1.29 is 9.59 Å². The first-order chi connectivity index (χ1) is 11.9. The van der Waals surface area contributed by atoms with Gasteiger partial charge in [0.2, 0.25) is 11.8 Å². The molecule has 0 saturated heterocycles. The summed E-state index contributed by atoms with van der Waals surface area (Å²) in [4.78, 5) is 37.6. The number of carbonyl (C=O) groups excluding carboxylic acids is 2. The zero-order chi connectivity index (χ0) is 18.0. The lowest BCUT2D eigenvalue weighted by Crippen LogP contribution is -2.38. The van der Waals surface area contributed by atoms with E-state index in [1.165, 1.54) is 17.7 Å². The molecule has 0 aliphatic carbocycles. The molecule has 1 aliphatic heterocycles. The molecule has 0 bridgehead atoms. The zero-order valence-electron chi connectivity index (χ0n) is 14.3. The molecule has 7 nitrogen and oxygen atoms in total. The third-order valence-corrected chi connectivity index (χ3v) is 4.18. The van der Waals surface area contributed by atoms with Crippen LogP contribution >= 0.6 is 0 Å². The molecule has 0 saturated carbocycles. The third-order valence-electron chi connectivity index (χ3n) is 4.18. The van der Waals surface area contributed by atoms with E-state index in [2.05, 4.69) is 10.4 Å². The predicted molar refractivity (Wildman–Crippen MR) is 93.1 cm³/mol. The van der Waals surface area contributed by atoms with Gasteiger partial charge in [-0.2, -0.15) is 5.10 Å². The van der Waals surface area contributed by atoms with Crippen molar-refractivity contribution in [2.24, 2.45) is 0 Å². The summed E-state index contributed by atoms with van der Waals surface area (Å²) in [6, 6.07) is 8.92. The SMILES string of the molecule is CC(=O)N1CCc2nn(CC(=O)Nc3cccc(C)c3)c(=O)cc2C1. The second kappa shape index (κ2) is 6.88. The van der Waals surface area contributed by atoms with Crippen LogP contribution in [0.3, 0.4) is 0 Å². The van der Waals surface area contributed by atoms with Crippen molar-refractivity contribution in [2.45, 2.75) is 33.4 Å². The van der Waals surface area contributed by atoms with Crippen LogP contribution in [-0.2, 0) is 29.1 Å². The van der Waals surface area contributed by atoms with Crippen molar-refractivity contribution in [3.63, 3.8) is 0 Å². The lowest BCUT2D eigenvalue weighted by atomic mass is 10.1. The Morgan fingerprint density at radius 2 is 2.08 bits per heavy atom. The first-order valence-electron chi connectivity index (χ1n) is 8.14. The van der Waals surface area contributed by atoms with E-state index in [1.54, 1.807) is 11.0 Å². The van der Waals surface area contributed by atoms with Crippen LogP contribution in [0.2, 0.25) is 0 Å². The summed E-state index contributed by atoms with van der Waals surface area (Å²) in [5.74, 6) is -0.325. The van der Waals surface area contributed by atoms with Gasteiger partial charge in [-0.05, 0) is 24.6 Å². The van der Waals surface area contributed by atoms with E-state index in [0.29, 0.717) is 25.2 Å². The fourth-order valence-corrected chi connectivity index (χ4v) is 2.88. The number of hydrogen-bond donors (Lipinski definition) is 1. The van der Waals surface area contributed by atoms with Crippen molar-refractivity contribution in [3.8, 4) is 0 Å². The number of fused-ring (bicyclic) bond motifs is 1. The largest absolute Gasteiger partial charge is 0.338 e. The summed E-state index contributed by atoms with van der Waals surface area (Å²) < 4.78 is 1.17. The Hall–Kier alpha value is -2.96. The topological polar surface area (TPSA) is 84.3 Å². The van der Waals surface area contributed by atoms with Crippen LogP contribution < -0.4 is 10.9 Å². The van der Waals surface area contributed by atoms with E-state index in [0.717, 1.165) is 16.8 Å². The average molecular weight is 340 g/mol. The maximum Gasteiger partial charge on any atom is 0.267 e. The number of carbonyl (C=O) groups is 2. The molecule has 0 fully saturated rings. The standard InChI is InChI=1S/C18H20N4O3/c1-12-4-3-5-15(8-12)19-17(24)11-22-18(25)9-14-10-21(13(2)23)7-6-16(14)20-22/h3-5,8-9H,6-7,10-11H2,1-2H3,(H,19,24). The monoisotopic (exact) mass is 340 g/mol. The zero-order valence-corrected chi connectivity index (χ0v) is 14.3. The summed E-state index contributed by atoms with van der Waals surface area (Å²) in [7, 11) is 0. The summed E-state index contributed by atoms with van der Waals surface area (Å²) in [5.41, 5.74) is 2.90. The Morgan fingerprint density at radius 3 is 2.80 bits per heavy atom. The molecule has 1 aliphatic rings. The molecule has 1 aromatic carbocycles. The molecule has 7 heteroatoms. The number of aryl methyl sites for hydroxylation is 1. The minimum atomic E-state index is -0.344. The minimum Gasteiger partial charge on any atom is -0.338 e. The predicted octanol–water partition coefficient (Wildman–Crippen LogP) is 1.10. The van der Waals surface area contributed by atoms with Gasteiger partial charge in [0.15, 0.2) is 0 Å². The Morgan fingerprint density at radius 1 is 1.28 bits per heavy atom. The summed E-state index contributed by atoms with van der Waals surface area (Å²) >= 11 is 0. The number of rotatable bonds is 3. The second-order valence-electron chi connectivity index (χ2n) is 6.22. The van der Waals surface area contributed by atoms with Gasteiger partial charge in [0.1, 0.15) is 6.54 Å². The molecule has 2 aromatic rings. The molecular formula is C18H20N4O3. The second-order valence-corrected chi connectivity index (χ2v) is 6.22. The highest BCUT2D eigenvalue weighted by atomic mass is 16.2. The summed E-state index contributed by atoms with van der Waals surface area (Å²) in [6.45, 7) is 4.27. The van der Waals surface area contributed by atoms with Crippen molar-refractivity contribution in [3.05, 3.63) is 57.5 Å². The molecule has 0 radical (unpaired) electrons. The van der Waals surface area contributed by atoms with E-state index in [1.807, 2.05) is 25.1 Å². The van der Waals surface area contributed by atoms with Crippen LogP contribution in [0.1, 0.15) is 23.7 Å². The van der Waals surface area contributed by atoms with E-state index in [-0.39, 0.29) is 23.9 Å². The van der Waals surface area contributed by atoms with Crippen molar-refractivity contribution >= 4 is 17.5 Å². The Bertz CT molecular complexity index is 888. The minimum absolute atomic E-state index is 0.0210. The fraction of sp³-hybridized carbons (Fsp3) is 0.333. The molecule has 0 atom stereocenters. The van der Waals surface area contributed by atoms with Gasteiger partial charge < -0.3 is 10.2 Å². The van der Waals surface area contributed by atoms with E-state index in [9.17, 15) is 14.4 Å². The number of anilines is 1. The van der Waals surface area contributed by atoms with Crippen LogP contribution in [0.5, 0.6) is 0 Å². The maximum atomic E-state index is 12.2. The van der Waals surface area contributed by atoms with Crippen molar-refractivity contribution in [1.29, 1.82) is 0 Å². The van der Waals surface area contributed by atoms with Gasteiger partial charge >= 0.3 is 0 Å². The summed E-state index contributed by atoms with van der Waals surface area (Å²) in [6.07, 6.45) is 0.578. The fourth-order valence-electron chi connectivity index (χ4n) is 2.88.